The summed E-state index contributed by atoms with van der Waals surface area (Å²) in [5.74, 6) is 0. The fourth-order valence-corrected chi connectivity index (χ4v) is 1.57. The average molecular weight is 241 g/mol. The summed E-state index contributed by atoms with van der Waals surface area (Å²) in [4.78, 5) is 2.21. The quantitative estimate of drug-likeness (QED) is 0.823. The molecule has 0 heterocycles. The molecule has 0 aliphatic rings. The smallest absolute Gasteiger partial charge is 0.0406 e. The van der Waals surface area contributed by atoms with Crippen LogP contribution in [0.2, 0.25) is 5.02 Å². The zero-order valence-corrected chi connectivity index (χ0v) is 11.1. The summed E-state index contributed by atoms with van der Waals surface area (Å²) in [6, 6.07) is 8.53. The predicted molar refractivity (Wildman–Crippen MR) is 70.9 cm³/mol. The van der Waals surface area contributed by atoms with Crippen LogP contribution in [0.15, 0.2) is 24.3 Å². The van der Waals surface area contributed by atoms with Crippen LogP contribution in [0, 0.1) is 0 Å². The molecule has 0 fully saturated rings. The summed E-state index contributed by atoms with van der Waals surface area (Å²) in [7, 11) is 4.21. The minimum absolute atomic E-state index is 0.540. The van der Waals surface area contributed by atoms with Crippen molar-refractivity contribution in [2.24, 2.45) is 0 Å². The summed E-state index contributed by atoms with van der Waals surface area (Å²) in [5, 5.41) is 4.30. The lowest BCUT2D eigenvalue weighted by Crippen LogP contribution is -2.29. The summed E-state index contributed by atoms with van der Waals surface area (Å²) >= 11 is 5.83. The van der Waals surface area contributed by atoms with Crippen molar-refractivity contribution < 1.29 is 0 Å². The lowest BCUT2D eigenvalue weighted by atomic mass is 10.2. The first-order valence-corrected chi connectivity index (χ1v) is 6.08. The fourth-order valence-electron chi connectivity index (χ4n) is 1.45. The molecule has 1 atom stereocenters. The van der Waals surface area contributed by atoms with Gasteiger partial charge in [0.2, 0.25) is 0 Å². The van der Waals surface area contributed by atoms with E-state index in [-0.39, 0.29) is 0 Å². The molecule has 1 unspecified atom stereocenters. The van der Waals surface area contributed by atoms with Crippen molar-refractivity contribution in [1.82, 2.24) is 10.2 Å². The minimum atomic E-state index is 0.540. The van der Waals surface area contributed by atoms with Gasteiger partial charge in [0.05, 0.1) is 0 Å². The molecule has 0 saturated carbocycles. The molecule has 0 bridgehead atoms. The van der Waals surface area contributed by atoms with Crippen LogP contribution in [0.5, 0.6) is 0 Å². The topological polar surface area (TPSA) is 15.3 Å². The highest BCUT2D eigenvalue weighted by Crippen LogP contribution is 2.09. The highest BCUT2D eigenvalue weighted by molar-refractivity contribution is 6.30. The van der Waals surface area contributed by atoms with Crippen LogP contribution in [0.25, 0.3) is 0 Å². The average Bonchev–Trinajstić information content (AvgIpc) is 2.25. The van der Waals surface area contributed by atoms with Crippen LogP contribution < -0.4 is 5.32 Å². The lowest BCUT2D eigenvalue weighted by Gasteiger charge is -2.16. The Morgan fingerprint density at radius 2 is 1.88 bits per heavy atom. The number of nitrogens with zero attached hydrogens (tertiary/aromatic N) is 1. The van der Waals surface area contributed by atoms with Gasteiger partial charge >= 0.3 is 0 Å². The maximum absolute atomic E-state index is 5.83. The van der Waals surface area contributed by atoms with Crippen LogP contribution >= 0.6 is 11.6 Å². The van der Waals surface area contributed by atoms with Crippen molar-refractivity contribution in [3.05, 3.63) is 34.9 Å². The van der Waals surface area contributed by atoms with Gasteiger partial charge in [-0.05, 0) is 51.7 Å². The summed E-state index contributed by atoms with van der Waals surface area (Å²) in [6.07, 6.45) is 1.17. The molecule has 0 spiro atoms. The second-order valence-electron chi connectivity index (χ2n) is 4.50. The number of nitrogens with one attached hydrogen (secondary N) is 1. The molecule has 0 saturated heterocycles. The molecule has 16 heavy (non-hydrogen) atoms. The fraction of sp³-hybridized carbons (Fsp3) is 0.538. The van der Waals surface area contributed by atoms with Crippen molar-refractivity contribution in [3.8, 4) is 0 Å². The van der Waals surface area contributed by atoms with E-state index >= 15 is 0 Å². The van der Waals surface area contributed by atoms with Crippen molar-refractivity contribution in [1.29, 1.82) is 0 Å². The first-order valence-electron chi connectivity index (χ1n) is 5.70. The zero-order chi connectivity index (χ0) is 12.0. The molecule has 0 aliphatic heterocycles. The van der Waals surface area contributed by atoms with Gasteiger partial charge in [0.15, 0.2) is 0 Å². The van der Waals surface area contributed by atoms with E-state index in [4.69, 9.17) is 11.6 Å². The molecule has 2 nitrogen and oxygen atoms in total. The molecular formula is C13H21ClN2. The van der Waals surface area contributed by atoms with E-state index in [1.165, 1.54) is 12.0 Å². The second kappa shape index (κ2) is 6.89. The van der Waals surface area contributed by atoms with Crippen LogP contribution in [-0.2, 0) is 6.54 Å². The van der Waals surface area contributed by atoms with E-state index in [1.807, 2.05) is 12.1 Å². The van der Waals surface area contributed by atoms with Gasteiger partial charge in [0.25, 0.3) is 0 Å². The zero-order valence-electron chi connectivity index (χ0n) is 10.3. The summed E-state index contributed by atoms with van der Waals surface area (Å²) in [5.41, 5.74) is 1.28. The predicted octanol–water partition coefficient (Wildman–Crippen LogP) is 2.77. The Morgan fingerprint density at radius 3 is 2.44 bits per heavy atom. The molecule has 0 radical (unpaired) electrons. The second-order valence-corrected chi connectivity index (χ2v) is 4.94. The molecule has 90 valence electrons. The molecule has 1 N–H and O–H groups in total. The van der Waals surface area contributed by atoms with Gasteiger partial charge in [-0.3, -0.25) is 0 Å². The third kappa shape index (κ3) is 5.50. The minimum Gasteiger partial charge on any atom is -0.310 e. The van der Waals surface area contributed by atoms with Gasteiger partial charge in [0, 0.05) is 17.6 Å². The van der Waals surface area contributed by atoms with E-state index in [9.17, 15) is 0 Å². The molecule has 3 heteroatoms. The molecule has 1 aromatic rings. The van der Waals surface area contributed by atoms with Crippen LogP contribution in [0.3, 0.4) is 0 Å². The molecule has 0 aromatic heterocycles. The Morgan fingerprint density at radius 1 is 1.25 bits per heavy atom. The summed E-state index contributed by atoms with van der Waals surface area (Å²) in [6.45, 7) is 4.25. The number of benzene rings is 1. The van der Waals surface area contributed by atoms with Gasteiger partial charge in [-0.15, -0.1) is 0 Å². The molecule has 1 rings (SSSR count). The van der Waals surface area contributed by atoms with Gasteiger partial charge in [-0.2, -0.15) is 0 Å². The van der Waals surface area contributed by atoms with Gasteiger partial charge in [0.1, 0.15) is 0 Å². The number of halogens is 1. The lowest BCUT2D eigenvalue weighted by molar-refractivity contribution is 0.365. The molecule has 0 amide bonds. The standard InChI is InChI=1S/C13H21ClN2/c1-11(8-9-16(2)3)15-10-12-4-6-13(14)7-5-12/h4-7,11,15H,8-10H2,1-3H3. The SMILES string of the molecule is CC(CCN(C)C)NCc1ccc(Cl)cc1. The monoisotopic (exact) mass is 240 g/mol. The largest absolute Gasteiger partial charge is 0.310 e. The van der Waals surface area contributed by atoms with Crippen LogP contribution in [-0.4, -0.2) is 31.6 Å². The van der Waals surface area contributed by atoms with Crippen molar-refractivity contribution in [2.45, 2.75) is 25.9 Å². The Balaban J connectivity index is 2.26. The van der Waals surface area contributed by atoms with Crippen molar-refractivity contribution >= 4 is 11.6 Å². The maximum Gasteiger partial charge on any atom is 0.0406 e. The van der Waals surface area contributed by atoms with Gasteiger partial charge < -0.3 is 10.2 Å². The van der Waals surface area contributed by atoms with Crippen LogP contribution in [0.1, 0.15) is 18.9 Å². The Labute approximate surface area is 104 Å². The van der Waals surface area contributed by atoms with E-state index in [2.05, 4.69) is 43.4 Å². The first kappa shape index (κ1) is 13.5. The normalized spacial score (nSPS) is 13.1. The third-order valence-electron chi connectivity index (χ3n) is 2.58. The van der Waals surface area contributed by atoms with Gasteiger partial charge in [-0.25, -0.2) is 0 Å². The van der Waals surface area contributed by atoms with E-state index in [0.29, 0.717) is 6.04 Å². The Bertz CT molecular complexity index is 295. The summed E-state index contributed by atoms with van der Waals surface area (Å²) < 4.78 is 0. The van der Waals surface area contributed by atoms with Crippen LogP contribution in [0.4, 0.5) is 0 Å². The number of hydrogen-bond acceptors (Lipinski definition) is 2. The van der Waals surface area contributed by atoms with E-state index < -0.39 is 0 Å². The number of hydrogen-bond donors (Lipinski definition) is 1. The van der Waals surface area contributed by atoms with Crippen molar-refractivity contribution in [2.75, 3.05) is 20.6 Å². The van der Waals surface area contributed by atoms with Crippen molar-refractivity contribution in [3.63, 3.8) is 0 Å². The Hall–Kier alpha value is -0.570. The highest BCUT2D eigenvalue weighted by atomic mass is 35.5. The van der Waals surface area contributed by atoms with Gasteiger partial charge in [-0.1, -0.05) is 23.7 Å². The first-order chi connectivity index (χ1) is 7.58. The van der Waals surface area contributed by atoms with E-state index in [1.54, 1.807) is 0 Å². The van der Waals surface area contributed by atoms with E-state index in [0.717, 1.165) is 18.1 Å². The molecule has 1 aromatic carbocycles. The third-order valence-corrected chi connectivity index (χ3v) is 2.83. The molecule has 0 aliphatic carbocycles. The number of rotatable bonds is 6. The maximum atomic E-state index is 5.83. The molecular weight excluding hydrogens is 220 g/mol. The highest BCUT2D eigenvalue weighted by Gasteiger charge is 2.02. The Kier molecular flexibility index (Phi) is 5.81.